The van der Waals surface area contributed by atoms with E-state index in [1.807, 2.05) is 32.9 Å². The molecule has 1 unspecified atom stereocenters. The summed E-state index contributed by atoms with van der Waals surface area (Å²) in [7, 11) is 2.05. The summed E-state index contributed by atoms with van der Waals surface area (Å²) in [4.78, 5) is 2.21. The molecule has 0 bridgehead atoms. The summed E-state index contributed by atoms with van der Waals surface area (Å²) in [6.45, 7) is 10.4. The molecule has 2 nitrogen and oxygen atoms in total. The number of nitrogens with zero attached hydrogens (tertiary/aromatic N) is 1. The van der Waals surface area contributed by atoms with Gasteiger partial charge in [0, 0.05) is 25.0 Å². The molecule has 0 amide bonds. The highest BCUT2D eigenvalue weighted by Gasteiger charge is 2.32. The Hall–Kier alpha value is -2.69. The number of rotatable bonds is 7. The van der Waals surface area contributed by atoms with E-state index < -0.39 is 11.7 Å². The second-order valence-corrected chi connectivity index (χ2v) is 8.72. The first-order valence-corrected chi connectivity index (χ1v) is 11.6. The Kier molecular flexibility index (Phi) is 9.63. The molecule has 33 heavy (non-hydrogen) atoms. The van der Waals surface area contributed by atoms with Crippen molar-refractivity contribution in [3.8, 4) is 0 Å². The number of alkyl halides is 3. The number of aryl methyl sites for hydroxylation is 1. The van der Waals surface area contributed by atoms with Gasteiger partial charge in [0.1, 0.15) is 0 Å². The van der Waals surface area contributed by atoms with E-state index in [1.54, 1.807) is 19.1 Å². The van der Waals surface area contributed by atoms with Crippen LogP contribution >= 0.6 is 0 Å². The zero-order valence-corrected chi connectivity index (χ0v) is 20.7. The maximum atomic E-state index is 13.6. The molecule has 0 aliphatic carbocycles. The van der Waals surface area contributed by atoms with Crippen molar-refractivity contribution >= 4 is 5.69 Å². The van der Waals surface area contributed by atoms with E-state index in [0.29, 0.717) is 12.0 Å². The van der Waals surface area contributed by atoms with Crippen LogP contribution in [0.5, 0.6) is 0 Å². The highest BCUT2D eigenvalue weighted by molar-refractivity contribution is 5.56. The largest absolute Gasteiger partial charge is 0.416 e. The van der Waals surface area contributed by atoms with E-state index in [4.69, 9.17) is 0 Å². The number of likely N-dealkylation sites (tertiary alicyclic amines) is 1. The van der Waals surface area contributed by atoms with E-state index in [2.05, 4.69) is 42.4 Å². The molecule has 1 aliphatic rings. The minimum Gasteiger partial charge on any atom is -0.377 e. The zero-order chi connectivity index (χ0) is 24.6. The molecule has 5 heteroatoms. The normalized spacial score (nSPS) is 19.4. The molecule has 180 valence electrons. The summed E-state index contributed by atoms with van der Waals surface area (Å²) in [5.74, 6) is 0. The van der Waals surface area contributed by atoms with Gasteiger partial charge in [0.25, 0.3) is 0 Å². The first-order chi connectivity index (χ1) is 15.6. The molecule has 1 fully saturated rings. The summed E-state index contributed by atoms with van der Waals surface area (Å²) in [6.07, 6.45) is 6.09. The molecule has 1 atom stereocenters. The van der Waals surface area contributed by atoms with Crippen LogP contribution in [-0.2, 0) is 0 Å². The van der Waals surface area contributed by atoms with Gasteiger partial charge < -0.3 is 10.2 Å². The number of likely N-dealkylation sites (N-methyl/N-ethyl adjacent to an activating group) is 1. The molecule has 1 heterocycles. The zero-order valence-electron chi connectivity index (χ0n) is 20.7. The SMILES string of the molecule is C\C=C/C(=C\C(=C\CC)C(F)(F)F)C(/C=C1/C(Nc2ccccc2C)CCCN1C)=C(C)C. The smallest absolute Gasteiger partial charge is 0.377 e. The van der Waals surface area contributed by atoms with Crippen LogP contribution in [0.25, 0.3) is 0 Å². The number of halogens is 3. The molecule has 0 radical (unpaired) electrons. The Morgan fingerprint density at radius 2 is 1.91 bits per heavy atom. The third-order valence-corrected chi connectivity index (χ3v) is 5.81. The summed E-state index contributed by atoms with van der Waals surface area (Å²) in [5.41, 5.74) is 5.08. The van der Waals surface area contributed by atoms with Crippen LogP contribution in [0.3, 0.4) is 0 Å². The number of allylic oxidation sites excluding steroid dienone is 9. The molecule has 1 aromatic carbocycles. The van der Waals surface area contributed by atoms with Gasteiger partial charge in [-0.1, -0.05) is 48.9 Å². The predicted molar refractivity (Wildman–Crippen MR) is 134 cm³/mol. The van der Waals surface area contributed by atoms with Crippen LogP contribution in [0, 0.1) is 6.92 Å². The van der Waals surface area contributed by atoms with Crippen molar-refractivity contribution in [2.45, 2.75) is 66.1 Å². The van der Waals surface area contributed by atoms with Crippen molar-refractivity contribution in [1.82, 2.24) is 4.90 Å². The van der Waals surface area contributed by atoms with Crippen molar-refractivity contribution in [1.29, 1.82) is 0 Å². The third-order valence-electron chi connectivity index (χ3n) is 5.81. The van der Waals surface area contributed by atoms with E-state index in [1.165, 1.54) is 17.7 Å². The predicted octanol–water partition coefficient (Wildman–Crippen LogP) is 8.12. The molecule has 0 aromatic heterocycles. The number of hydrogen-bond donors (Lipinski definition) is 1. The average Bonchev–Trinajstić information content (AvgIpc) is 2.73. The van der Waals surface area contributed by atoms with Crippen molar-refractivity contribution in [3.05, 3.63) is 88.2 Å². The van der Waals surface area contributed by atoms with E-state index in [-0.39, 0.29) is 6.04 Å². The van der Waals surface area contributed by atoms with Crippen molar-refractivity contribution in [2.24, 2.45) is 0 Å². The molecule has 1 aromatic rings. The number of benzene rings is 1. The second-order valence-electron chi connectivity index (χ2n) is 8.72. The molecule has 0 saturated carbocycles. The van der Waals surface area contributed by atoms with Gasteiger partial charge >= 0.3 is 6.18 Å². The van der Waals surface area contributed by atoms with Crippen LogP contribution in [0.4, 0.5) is 18.9 Å². The molecule has 2 rings (SSSR count). The van der Waals surface area contributed by atoms with Gasteiger partial charge in [-0.15, -0.1) is 0 Å². The Balaban J connectivity index is 2.57. The van der Waals surface area contributed by atoms with Gasteiger partial charge in [-0.25, -0.2) is 0 Å². The minimum atomic E-state index is -4.39. The first-order valence-electron chi connectivity index (χ1n) is 11.6. The molecule has 1 saturated heterocycles. The summed E-state index contributed by atoms with van der Waals surface area (Å²) < 4.78 is 40.9. The third kappa shape index (κ3) is 7.41. The fourth-order valence-corrected chi connectivity index (χ4v) is 4.06. The lowest BCUT2D eigenvalue weighted by Crippen LogP contribution is -2.38. The Morgan fingerprint density at radius 1 is 1.21 bits per heavy atom. The molecule has 1 aliphatic heterocycles. The Morgan fingerprint density at radius 3 is 2.48 bits per heavy atom. The van der Waals surface area contributed by atoms with E-state index in [9.17, 15) is 13.2 Å². The minimum absolute atomic E-state index is 0.0827. The fourth-order valence-electron chi connectivity index (χ4n) is 4.06. The topological polar surface area (TPSA) is 15.3 Å². The van der Waals surface area contributed by atoms with Crippen molar-refractivity contribution in [3.63, 3.8) is 0 Å². The average molecular weight is 459 g/mol. The van der Waals surface area contributed by atoms with Crippen LogP contribution in [-0.4, -0.2) is 30.7 Å². The Labute approximate surface area is 197 Å². The number of para-hydroxylation sites is 1. The summed E-state index contributed by atoms with van der Waals surface area (Å²) in [5, 5.41) is 3.67. The standard InChI is InChI=1S/C28H37F3N2/c1-7-12-22(18-23(13-8-2)28(29,30)31)24(20(3)4)19-27-26(16-11-17-33(27)6)32-25-15-10-9-14-21(25)5/h7,9-10,12-15,18-19,26,32H,8,11,16-17H2,1-6H3/b12-7-,22-18+,23-13-,27-19-. The number of anilines is 1. The fraction of sp³-hybridized carbons (Fsp3) is 0.429. The second kappa shape index (κ2) is 12.0. The molecular weight excluding hydrogens is 421 g/mol. The highest BCUT2D eigenvalue weighted by atomic mass is 19.4. The van der Waals surface area contributed by atoms with Crippen LogP contribution in [0.2, 0.25) is 0 Å². The summed E-state index contributed by atoms with van der Waals surface area (Å²) >= 11 is 0. The quantitative estimate of drug-likeness (QED) is 0.415. The van der Waals surface area contributed by atoms with Gasteiger partial charge in [0.05, 0.1) is 11.6 Å². The van der Waals surface area contributed by atoms with Gasteiger partial charge in [0.2, 0.25) is 0 Å². The highest BCUT2D eigenvalue weighted by Crippen LogP contribution is 2.32. The van der Waals surface area contributed by atoms with Gasteiger partial charge in [-0.3, -0.25) is 0 Å². The summed E-state index contributed by atoms with van der Waals surface area (Å²) in [6, 6.07) is 8.25. The lowest BCUT2D eigenvalue weighted by molar-refractivity contribution is -0.0884. The molecule has 0 spiro atoms. The lowest BCUT2D eigenvalue weighted by Gasteiger charge is -2.36. The Bertz CT molecular complexity index is 958. The van der Waals surface area contributed by atoms with Crippen LogP contribution in [0.15, 0.2) is 82.6 Å². The maximum absolute atomic E-state index is 13.6. The monoisotopic (exact) mass is 458 g/mol. The van der Waals surface area contributed by atoms with E-state index in [0.717, 1.165) is 41.9 Å². The maximum Gasteiger partial charge on any atom is 0.416 e. The number of piperidine rings is 1. The lowest BCUT2D eigenvalue weighted by atomic mass is 9.93. The number of nitrogens with one attached hydrogen (secondary N) is 1. The number of hydrogen-bond acceptors (Lipinski definition) is 2. The van der Waals surface area contributed by atoms with Crippen molar-refractivity contribution < 1.29 is 13.2 Å². The van der Waals surface area contributed by atoms with Gasteiger partial charge in [-0.05, 0) is 81.9 Å². The van der Waals surface area contributed by atoms with Gasteiger partial charge in [-0.2, -0.15) is 13.2 Å². The van der Waals surface area contributed by atoms with E-state index >= 15 is 0 Å². The van der Waals surface area contributed by atoms with Crippen molar-refractivity contribution in [2.75, 3.05) is 18.9 Å². The van der Waals surface area contributed by atoms with Crippen LogP contribution in [0.1, 0.15) is 52.5 Å². The van der Waals surface area contributed by atoms with Gasteiger partial charge in [0.15, 0.2) is 0 Å². The van der Waals surface area contributed by atoms with Crippen LogP contribution < -0.4 is 5.32 Å². The first kappa shape index (κ1) is 26.6. The molecule has 1 N–H and O–H groups in total. The molecular formula is C28H37F3N2.